The number of aromatic nitrogens is 2. The molecule has 2 aromatic rings. The number of carbonyl (C=O) groups is 1. The summed E-state index contributed by atoms with van der Waals surface area (Å²) in [5.74, 6) is 1.04. The minimum absolute atomic E-state index is 0.139. The van der Waals surface area contributed by atoms with Gasteiger partial charge in [-0.25, -0.2) is 9.97 Å². The van der Waals surface area contributed by atoms with Crippen LogP contribution in [0.2, 0.25) is 0 Å². The van der Waals surface area contributed by atoms with Crippen LogP contribution in [0.3, 0.4) is 0 Å². The number of amides is 1. The van der Waals surface area contributed by atoms with E-state index >= 15 is 0 Å². The van der Waals surface area contributed by atoms with Gasteiger partial charge in [0.25, 0.3) is 5.91 Å². The van der Waals surface area contributed by atoms with Gasteiger partial charge in [0.2, 0.25) is 0 Å². The first-order valence-corrected chi connectivity index (χ1v) is 7.58. The molecule has 0 aliphatic heterocycles. The Kier molecular flexibility index (Phi) is 3.88. The number of halogens is 1. The molecular weight excluding hydrogens is 332 g/mol. The van der Waals surface area contributed by atoms with Crippen molar-refractivity contribution in [2.24, 2.45) is 0 Å². The van der Waals surface area contributed by atoms with Crippen LogP contribution in [0, 0.1) is 6.92 Å². The third-order valence-electron chi connectivity index (χ3n) is 3.08. The van der Waals surface area contributed by atoms with Gasteiger partial charge in [-0.1, -0.05) is 22.0 Å². The van der Waals surface area contributed by atoms with E-state index in [2.05, 4.69) is 36.5 Å². The Morgan fingerprint density at radius 3 is 2.81 bits per heavy atom. The fraction of sp³-hybridized carbons (Fsp3) is 0.267. The summed E-state index contributed by atoms with van der Waals surface area (Å²) in [4.78, 5) is 20.6. The van der Waals surface area contributed by atoms with Crippen LogP contribution < -0.4 is 10.6 Å². The number of hydrogen-bond donors (Lipinski definition) is 2. The average molecular weight is 347 g/mol. The molecule has 1 heterocycles. The minimum atomic E-state index is -0.139. The second-order valence-electron chi connectivity index (χ2n) is 5.07. The highest BCUT2D eigenvalue weighted by Crippen LogP contribution is 2.21. The average Bonchev–Trinajstić information content (AvgIpc) is 3.22. The first-order chi connectivity index (χ1) is 10.1. The first-order valence-electron chi connectivity index (χ1n) is 6.79. The van der Waals surface area contributed by atoms with E-state index in [0.29, 0.717) is 23.4 Å². The molecule has 21 heavy (non-hydrogen) atoms. The Hall–Kier alpha value is -1.95. The number of rotatable bonds is 4. The maximum Gasteiger partial charge on any atom is 0.270 e. The predicted octanol–water partition coefficient (Wildman–Crippen LogP) is 3.18. The second kappa shape index (κ2) is 5.81. The van der Waals surface area contributed by atoms with E-state index in [4.69, 9.17) is 0 Å². The highest BCUT2D eigenvalue weighted by atomic mass is 79.9. The van der Waals surface area contributed by atoms with Gasteiger partial charge in [0.1, 0.15) is 17.3 Å². The van der Waals surface area contributed by atoms with Gasteiger partial charge in [-0.2, -0.15) is 0 Å². The molecule has 1 aliphatic rings. The normalized spacial score (nSPS) is 13.8. The zero-order valence-corrected chi connectivity index (χ0v) is 13.1. The van der Waals surface area contributed by atoms with Crippen LogP contribution in [0.5, 0.6) is 0 Å². The van der Waals surface area contributed by atoms with Gasteiger partial charge in [0.05, 0.1) is 0 Å². The van der Waals surface area contributed by atoms with Crippen molar-refractivity contribution in [1.29, 1.82) is 0 Å². The van der Waals surface area contributed by atoms with Crippen molar-refractivity contribution in [3.8, 4) is 0 Å². The van der Waals surface area contributed by atoms with Crippen LogP contribution in [-0.4, -0.2) is 21.9 Å². The molecule has 3 rings (SSSR count). The third-order valence-corrected chi connectivity index (χ3v) is 3.57. The maximum absolute atomic E-state index is 12.1. The molecule has 2 N–H and O–H groups in total. The summed E-state index contributed by atoms with van der Waals surface area (Å²) in [6.07, 6.45) is 2.11. The number of hydrogen-bond acceptors (Lipinski definition) is 4. The van der Waals surface area contributed by atoms with E-state index in [-0.39, 0.29) is 5.91 Å². The number of aryl methyl sites for hydroxylation is 1. The van der Waals surface area contributed by atoms with Gasteiger partial charge in [-0.15, -0.1) is 0 Å². The van der Waals surface area contributed by atoms with Crippen molar-refractivity contribution in [1.82, 2.24) is 15.3 Å². The molecule has 1 aromatic carbocycles. The number of nitrogens with zero attached hydrogens (tertiary/aromatic N) is 2. The quantitative estimate of drug-likeness (QED) is 0.892. The molecule has 1 saturated carbocycles. The Morgan fingerprint density at radius 1 is 1.29 bits per heavy atom. The molecule has 0 spiro atoms. The molecular formula is C15H15BrN4O. The van der Waals surface area contributed by atoms with Crippen molar-refractivity contribution in [2.75, 3.05) is 5.32 Å². The largest absolute Gasteiger partial charge is 0.348 e. The van der Waals surface area contributed by atoms with Crippen molar-refractivity contribution in [3.05, 3.63) is 46.3 Å². The van der Waals surface area contributed by atoms with Crippen LogP contribution in [0.1, 0.15) is 29.2 Å². The summed E-state index contributed by atoms with van der Waals surface area (Å²) in [6, 6.07) is 9.75. The molecule has 0 radical (unpaired) electrons. The van der Waals surface area contributed by atoms with Crippen molar-refractivity contribution in [3.63, 3.8) is 0 Å². The Morgan fingerprint density at radius 2 is 2.10 bits per heavy atom. The van der Waals surface area contributed by atoms with Gasteiger partial charge >= 0.3 is 0 Å². The molecule has 1 fully saturated rings. The zero-order chi connectivity index (χ0) is 14.8. The minimum Gasteiger partial charge on any atom is -0.348 e. The lowest BCUT2D eigenvalue weighted by atomic mass is 10.3. The number of nitrogens with one attached hydrogen (secondary N) is 2. The fourth-order valence-corrected chi connectivity index (χ4v) is 2.35. The Bertz CT molecular complexity index is 685. The monoisotopic (exact) mass is 346 g/mol. The third kappa shape index (κ3) is 3.78. The number of benzene rings is 1. The predicted molar refractivity (Wildman–Crippen MR) is 84.7 cm³/mol. The fourth-order valence-electron chi connectivity index (χ4n) is 1.95. The lowest BCUT2D eigenvalue weighted by molar-refractivity contribution is 0.0945. The first kappa shape index (κ1) is 14.0. The Labute approximate surface area is 131 Å². The molecule has 0 bridgehead atoms. The molecule has 1 aromatic heterocycles. The lowest BCUT2D eigenvalue weighted by Crippen LogP contribution is -2.26. The number of anilines is 2. The van der Waals surface area contributed by atoms with E-state index in [0.717, 1.165) is 23.0 Å². The molecule has 108 valence electrons. The molecule has 0 unspecified atom stereocenters. The summed E-state index contributed by atoms with van der Waals surface area (Å²) < 4.78 is 0.977. The van der Waals surface area contributed by atoms with Gasteiger partial charge in [0, 0.05) is 22.3 Å². The summed E-state index contributed by atoms with van der Waals surface area (Å²) in [5.41, 5.74) is 1.29. The topological polar surface area (TPSA) is 66.9 Å². The highest BCUT2D eigenvalue weighted by molar-refractivity contribution is 9.10. The van der Waals surface area contributed by atoms with Gasteiger partial charge < -0.3 is 10.6 Å². The number of carbonyl (C=O) groups excluding carboxylic acids is 1. The molecule has 5 nitrogen and oxygen atoms in total. The van der Waals surface area contributed by atoms with E-state index in [1.165, 1.54) is 0 Å². The van der Waals surface area contributed by atoms with Crippen molar-refractivity contribution < 1.29 is 4.79 Å². The van der Waals surface area contributed by atoms with Crippen LogP contribution in [0.4, 0.5) is 11.5 Å². The molecule has 1 amide bonds. The summed E-state index contributed by atoms with van der Waals surface area (Å²) in [5, 5.41) is 6.12. The second-order valence-corrected chi connectivity index (χ2v) is 5.98. The smallest absolute Gasteiger partial charge is 0.270 e. The van der Waals surface area contributed by atoms with E-state index < -0.39 is 0 Å². The van der Waals surface area contributed by atoms with E-state index in [1.807, 2.05) is 24.3 Å². The zero-order valence-electron chi connectivity index (χ0n) is 11.6. The summed E-state index contributed by atoms with van der Waals surface area (Å²) in [6.45, 7) is 1.78. The summed E-state index contributed by atoms with van der Waals surface area (Å²) >= 11 is 3.42. The maximum atomic E-state index is 12.1. The van der Waals surface area contributed by atoms with Gasteiger partial charge in [0.15, 0.2) is 0 Å². The summed E-state index contributed by atoms with van der Waals surface area (Å²) in [7, 11) is 0. The molecule has 0 atom stereocenters. The molecule has 6 heteroatoms. The van der Waals surface area contributed by atoms with E-state index in [9.17, 15) is 4.79 Å². The molecule has 1 aliphatic carbocycles. The Balaban J connectivity index is 1.81. The van der Waals surface area contributed by atoms with E-state index in [1.54, 1.807) is 13.0 Å². The van der Waals surface area contributed by atoms with Crippen molar-refractivity contribution >= 4 is 33.3 Å². The van der Waals surface area contributed by atoms with Crippen LogP contribution in [0.15, 0.2) is 34.8 Å². The highest BCUT2D eigenvalue weighted by Gasteiger charge is 2.24. The molecule has 0 saturated heterocycles. The SMILES string of the molecule is Cc1nc(Nc2cccc(Br)c2)cc(C(=O)NC2CC2)n1. The van der Waals surface area contributed by atoms with Crippen LogP contribution in [-0.2, 0) is 0 Å². The van der Waals surface area contributed by atoms with Crippen LogP contribution >= 0.6 is 15.9 Å². The van der Waals surface area contributed by atoms with Crippen LogP contribution in [0.25, 0.3) is 0 Å². The van der Waals surface area contributed by atoms with Gasteiger partial charge in [-0.05, 0) is 38.0 Å². The van der Waals surface area contributed by atoms with Gasteiger partial charge in [-0.3, -0.25) is 4.79 Å². The standard InChI is InChI=1S/C15H15BrN4O/c1-9-17-13(15(21)20-11-5-6-11)8-14(18-9)19-12-4-2-3-10(16)7-12/h2-4,7-8,11H,5-6H2,1H3,(H,20,21)(H,17,18,19). The lowest BCUT2D eigenvalue weighted by Gasteiger charge is -2.09. The van der Waals surface area contributed by atoms with Crippen molar-refractivity contribution in [2.45, 2.75) is 25.8 Å².